The van der Waals surface area contributed by atoms with Crippen molar-refractivity contribution in [2.24, 2.45) is 0 Å². The maximum atomic E-state index is 16.1. The van der Waals surface area contributed by atoms with Gasteiger partial charge in [0.15, 0.2) is 7.14 Å². The van der Waals surface area contributed by atoms with Gasteiger partial charge in [0.2, 0.25) is 0 Å². The second-order valence-corrected chi connectivity index (χ2v) is 15.9. The Balaban J connectivity index is 0.00000144. The molecule has 42 heavy (non-hydrogen) atoms. The van der Waals surface area contributed by atoms with E-state index in [0.717, 1.165) is 0 Å². The fourth-order valence-corrected chi connectivity index (χ4v) is 7.70. The Morgan fingerprint density at radius 3 is 0.714 bits per heavy atom. The summed E-state index contributed by atoms with van der Waals surface area (Å²) in [4.78, 5) is 0. The van der Waals surface area contributed by atoms with Gasteiger partial charge in [-0.05, 0) is 0 Å². The summed E-state index contributed by atoms with van der Waals surface area (Å²) in [7, 11) is 23.9. The Labute approximate surface area is 262 Å². The average molecular weight is 711 g/mol. The monoisotopic (exact) mass is 709 g/mol. The van der Waals surface area contributed by atoms with E-state index in [0.29, 0.717) is 17.2 Å². The van der Waals surface area contributed by atoms with Crippen LogP contribution in [0.25, 0.3) is 0 Å². The van der Waals surface area contributed by atoms with Gasteiger partial charge < -0.3 is 47.2 Å². The summed E-state index contributed by atoms with van der Waals surface area (Å²) < 4.78 is 67.0. The van der Waals surface area contributed by atoms with Gasteiger partial charge in [-0.1, -0.05) is 0 Å². The summed E-state index contributed by atoms with van der Waals surface area (Å²) >= 11 is -1.33. The van der Waals surface area contributed by atoms with Crippen LogP contribution in [0, 0.1) is 0 Å². The zero-order valence-corrected chi connectivity index (χ0v) is 28.7. The zero-order valence-electron chi connectivity index (χ0n) is 24.5. The van der Waals surface area contributed by atoms with Crippen LogP contribution in [-0.2, 0) is 15.7 Å². The van der Waals surface area contributed by atoms with Crippen molar-refractivity contribution < 1.29 is 58.4 Å². The third kappa shape index (κ3) is 7.51. The molecule has 0 unspecified atom stereocenters. The van der Waals surface area contributed by atoms with E-state index in [1.807, 2.05) is 0 Å². The molecule has 0 N–H and O–H groups in total. The molecule has 15 heteroatoms. The van der Waals surface area contributed by atoms with Crippen LogP contribution in [-0.4, -0.2) is 64.0 Å². The van der Waals surface area contributed by atoms with Gasteiger partial charge in [0.25, 0.3) is 0 Å². The van der Waals surface area contributed by atoms with E-state index >= 15 is 4.57 Å². The van der Waals surface area contributed by atoms with Crippen molar-refractivity contribution in [3.63, 3.8) is 0 Å². The van der Waals surface area contributed by atoms with Gasteiger partial charge in [-0.15, -0.1) is 0 Å². The second kappa shape index (κ2) is 16.4. The van der Waals surface area contributed by atoms with Crippen molar-refractivity contribution in [2.45, 2.75) is 0 Å². The molecule has 0 heterocycles. The topological polar surface area (TPSA) is 100 Å². The molecule has 0 aliphatic heterocycles. The number of hydrogen-bond acceptors (Lipinski definition) is 10. The molecule has 0 fully saturated rings. The molecular formula is C27H33Cl3FeO10P. The predicted molar refractivity (Wildman–Crippen MR) is 162 cm³/mol. The van der Waals surface area contributed by atoms with Crippen LogP contribution in [0.4, 0.5) is 0 Å². The van der Waals surface area contributed by atoms with Gasteiger partial charge in [-0.25, -0.2) is 0 Å². The Hall–Kier alpha value is -2.52. The van der Waals surface area contributed by atoms with Gasteiger partial charge in [-0.3, -0.25) is 0 Å². The number of ether oxygens (including phenoxy) is 9. The molecule has 0 radical (unpaired) electrons. The van der Waals surface area contributed by atoms with Crippen LogP contribution < -0.4 is 58.5 Å². The Bertz CT molecular complexity index is 1170. The fraction of sp³-hybridized carbons (Fsp3) is 0.333. The molecule has 235 valence electrons. The van der Waals surface area contributed by atoms with E-state index in [9.17, 15) is 0 Å². The first-order chi connectivity index (χ1) is 20.0. The second-order valence-electron chi connectivity index (χ2n) is 7.90. The average Bonchev–Trinajstić information content (AvgIpc) is 3.01. The van der Waals surface area contributed by atoms with E-state index < -0.39 is 18.3 Å². The number of hydrogen-bond donors (Lipinski definition) is 0. The van der Waals surface area contributed by atoms with Crippen LogP contribution >= 0.6 is 37.4 Å². The van der Waals surface area contributed by atoms with Crippen LogP contribution in [0.1, 0.15) is 0 Å². The first kappa shape index (κ1) is 35.7. The van der Waals surface area contributed by atoms with Crippen molar-refractivity contribution in [2.75, 3.05) is 64.0 Å². The van der Waals surface area contributed by atoms with E-state index in [-0.39, 0.29) is 50.4 Å². The molecular weight excluding hydrogens is 677 g/mol. The third-order valence-corrected chi connectivity index (χ3v) is 9.22. The normalized spacial score (nSPS) is 10.9. The number of methoxy groups -OCH3 is 9. The summed E-state index contributed by atoms with van der Waals surface area (Å²) in [6.07, 6.45) is 0. The molecule has 0 atom stereocenters. The number of rotatable bonds is 12. The standard InChI is InChI=1S/C27H33O10P.3ClH.Fe/c1-29-16-10-19(32-4)25(20(11-16)33-5)38(28,26-21(34-6)12-17(30-2)13-22(26)35-7)27-23(36-8)14-18(31-3)15-24(27)37-9;;;;/h10-15H,1-9H3;3*1H;/q;;;;+3/p-3. The van der Waals surface area contributed by atoms with Gasteiger partial charge >= 0.3 is 41.5 Å². The molecule has 0 aliphatic carbocycles. The third-order valence-electron chi connectivity index (χ3n) is 6.01. The minimum absolute atomic E-state index is 0.215. The van der Waals surface area contributed by atoms with Crippen molar-refractivity contribution in [3.8, 4) is 51.7 Å². The molecule has 0 aliphatic rings. The number of halogens is 3. The van der Waals surface area contributed by atoms with E-state index in [2.05, 4.69) is 0 Å². The quantitative estimate of drug-likeness (QED) is 0.178. The first-order valence-electron chi connectivity index (χ1n) is 11.7. The molecule has 0 saturated heterocycles. The van der Waals surface area contributed by atoms with E-state index in [4.69, 9.17) is 72.9 Å². The molecule has 3 aromatic carbocycles. The molecule has 0 bridgehead atoms. The molecule has 10 nitrogen and oxygen atoms in total. The summed E-state index contributed by atoms with van der Waals surface area (Å²) in [5, 5.41) is 0.644. The van der Waals surface area contributed by atoms with Gasteiger partial charge in [0, 0.05) is 36.4 Å². The zero-order chi connectivity index (χ0) is 31.6. The van der Waals surface area contributed by atoms with Gasteiger partial charge in [-0.2, -0.15) is 0 Å². The molecule has 0 amide bonds. The van der Waals surface area contributed by atoms with Crippen LogP contribution in [0.2, 0.25) is 0 Å². The summed E-state index contributed by atoms with van der Waals surface area (Å²) in [5.74, 6) is 2.76. The van der Waals surface area contributed by atoms with Gasteiger partial charge in [0.1, 0.15) is 67.7 Å². The Morgan fingerprint density at radius 2 is 0.595 bits per heavy atom. The summed E-state index contributed by atoms with van der Waals surface area (Å²) in [6.45, 7) is 0. The predicted octanol–water partition coefficient (Wildman–Crippen LogP) is 5.47. The van der Waals surface area contributed by atoms with Crippen LogP contribution in [0.15, 0.2) is 36.4 Å². The molecule has 3 rings (SSSR count). The fourth-order valence-electron chi connectivity index (χ4n) is 4.23. The molecule has 0 saturated carbocycles. The first-order valence-corrected chi connectivity index (χ1v) is 18.0. The number of benzene rings is 3. The van der Waals surface area contributed by atoms with Gasteiger partial charge in [0.05, 0.1) is 64.0 Å². The van der Waals surface area contributed by atoms with Crippen molar-refractivity contribution in [3.05, 3.63) is 36.4 Å². The maximum absolute atomic E-state index is 16.1. The SMILES string of the molecule is COc1cc(OC)c(P(=O)(c2c(OC)cc(OC)cc2OC)c2c(OC)cc(OC)cc2OC)c(OC)c1.[Cl][Fe]([Cl])[Cl]. The molecule has 0 aromatic heterocycles. The summed E-state index contributed by atoms with van der Waals surface area (Å²) in [5.41, 5.74) is 0. The Kier molecular flexibility index (Phi) is 13.9. The molecule has 0 spiro atoms. The van der Waals surface area contributed by atoms with Crippen molar-refractivity contribution >= 4 is 53.3 Å². The Morgan fingerprint density at radius 1 is 0.429 bits per heavy atom. The van der Waals surface area contributed by atoms with Crippen LogP contribution in [0.3, 0.4) is 0 Å². The minimum atomic E-state index is -4.11. The van der Waals surface area contributed by atoms with E-state index in [1.54, 1.807) is 36.4 Å². The van der Waals surface area contributed by atoms with Crippen LogP contribution in [0.5, 0.6) is 51.7 Å². The van der Waals surface area contributed by atoms with Crippen molar-refractivity contribution in [1.29, 1.82) is 0 Å². The van der Waals surface area contributed by atoms with Crippen molar-refractivity contribution in [1.82, 2.24) is 0 Å². The summed E-state index contributed by atoms with van der Waals surface area (Å²) in [6, 6.07) is 9.72. The van der Waals surface area contributed by atoms with E-state index in [1.165, 1.54) is 64.0 Å². The molecule has 3 aromatic rings.